The highest BCUT2D eigenvalue weighted by Crippen LogP contribution is 2.14. The third-order valence-electron chi connectivity index (χ3n) is 9.89. The fraction of sp³-hybridized carbons (Fsp3) is 0.833. The van der Waals surface area contributed by atoms with Gasteiger partial charge in [0.2, 0.25) is 39.6 Å². The van der Waals surface area contributed by atoms with Crippen molar-refractivity contribution in [1.82, 2.24) is 46.6 Å². The van der Waals surface area contributed by atoms with E-state index >= 15 is 0 Å². The number of rotatable bonds is 46. The smallest absolute Gasteiger partial charge is 0.326 e. The molecule has 0 saturated heterocycles. The van der Waals surface area contributed by atoms with E-state index in [9.17, 15) is 42.3 Å². The Bertz CT molecular complexity index is 1560. The summed E-state index contributed by atoms with van der Waals surface area (Å²) in [5.74, 6) is -2.58. The number of hydrogen-bond acceptors (Lipinski definition) is 15. The van der Waals surface area contributed by atoms with Crippen LogP contribution in [0.4, 0.5) is 0 Å². The normalized spacial score (nSPS) is 11.8. The van der Waals surface area contributed by atoms with Crippen molar-refractivity contribution in [3.63, 3.8) is 0 Å². The molecule has 0 unspecified atom stereocenters. The average Bonchev–Trinajstić information content (AvgIpc) is 3.80. The van der Waals surface area contributed by atoms with Gasteiger partial charge in [-0.25, -0.2) is 18.3 Å². The molecule has 0 fully saturated rings. The summed E-state index contributed by atoms with van der Waals surface area (Å²) in [7, 11) is -3.82. The second-order valence-electron chi connectivity index (χ2n) is 15.7. The van der Waals surface area contributed by atoms with E-state index in [1.54, 1.807) is 0 Å². The molecule has 0 aliphatic carbocycles. The molecular weight excluding hydrogens is 950 g/mol. The van der Waals surface area contributed by atoms with E-state index < -0.39 is 33.8 Å². The van der Waals surface area contributed by atoms with Crippen molar-refractivity contribution in [1.29, 1.82) is 0 Å². The highest BCUT2D eigenvalue weighted by molar-refractivity contribution is 9.09. The molecule has 1 aromatic heterocycles. The molecule has 24 heteroatoms. The quantitative estimate of drug-likeness (QED) is 0.0364. The van der Waals surface area contributed by atoms with E-state index in [2.05, 4.69) is 62.5 Å². The summed E-state index contributed by atoms with van der Waals surface area (Å²) < 4.78 is 47.9. The van der Waals surface area contributed by atoms with Crippen LogP contribution < -0.4 is 26.0 Å². The van der Waals surface area contributed by atoms with Crippen molar-refractivity contribution in [2.45, 2.75) is 141 Å². The molecule has 66 heavy (non-hydrogen) atoms. The zero-order valence-electron chi connectivity index (χ0n) is 38.6. The Morgan fingerprint density at radius 2 is 1.09 bits per heavy atom. The van der Waals surface area contributed by atoms with Gasteiger partial charge in [0.1, 0.15) is 25.1 Å². The van der Waals surface area contributed by atoms with E-state index in [1.165, 1.54) is 57.8 Å². The van der Waals surface area contributed by atoms with Gasteiger partial charge in [0.15, 0.2) is 0 Å². The minimum Gasteiger partial charge on any atom is -0.480 e. The maximum Gasteiger partial charge on any atom is 0.326 e. The third-order valence-corrected chi connectivity index (χ3v) is 11.8. The van der Waals surface area contributed by atoms with Crippen molar-refractivity contribution < 1.29 is 61.2 Å². The lowest BCUT2D eigenvalue weighted by atomic mass is 10.0. The van der Waals surface area contributed by atoms with Crippen LogP contribution in [0, 0.1) is 0 Å². The van der Waals surface area contributed by atoms with Crippen LogP contribution in [-0.2, 0) is 64.2 Å². The number of nitrogens with zero attached hydrogens (tertiary/aromatic N) is 3. The lowest BCUT2D eigenvalue weighted by molar-refractivity contribution is -0.142. The first-order valence-corrected chi connectivity index (χ1v) is 26.1. The van der Waals surface area contributed by atoms with Crippen LogP contribution in [0.15, 0.2) is 0 Å². The highest BCUT2D eigenvalue weighted by Gasteiger charge is 2.19. The molecule has 5 amide bonds. The fourth-order valence-corrected chi connectivity index (χ4v) is 7.63. The number of hydrogen-bond donors (Lipinski definition) is 7. The van der Waals surface area contributed by atoms with Crippen LogP contribution in [-0.4, -0.2) is 159 Å². The zero-order chi connectivity index (χ0) is 48.4. The number of carboxylic acids is 1. The topological polar surface area (TPSA) is 308 Å². The first-order valence-electron chi connectivity index (χ1n) is 23.4. The van der Waals surface area contributed by atoms with Crippen molar-refractivity contribution in [3.05, 3.63) is 5.82 Å². The molecule has 0 aliphatic heterocycles. The number of carbonyl (C=O) groups is 6. The minimum absolute atomic E-state index is 0.0176. The van der Waals surface area contributed by atoms with Crippen molar-refractivity contribution in [2.24, 2.45) is 0 Å². The molecule has 1 atom stereocenters. The Morgan fingerprint density at radius 3 is 1.65 bits per heavy atom. The van der Waals surface area contributed by atoms with Gasteiger partial charge in [-0.05, 0) is 49.0 Å². The number of sulfonamides is 1. The molecule has 1 heterocycles. The van der Waals surface area contributed by atoms with Crippen molar-refractivity contribution >= 4 is 61.5 Å². The molecule has 380 valence electrons. The van der Waals surface area contributed by atoms with Gasteiger partial charge in [0.25, 0.3) is 0 Å². The fourth-order valence-electron chi connectivity index (χ4n) is 6.36. The number of H-pyrrole nitrogens is 1. The summed E-state index contributed by atoms with van der Waals surface area (Å²) in [5.41, 5.74) is 0. The third kappa shape index (κ3) is 38.3. The molecular formula is C42H76BrN9O13S. The zero-order valence-corrected chi connectivity index (χ0v) is 41.0. The number of aliphatic carboxylic acids is 1. The van der Waals surface area contributed by atoms with E-state index in [-0.39, 0.29) is 120 Å². The maximum atomic E-state index is 12.3. The van der Waals surface area contributed by atoms with Gasteiger partial charge < -0.3 is 45.3 Å². The van der Waals surface area contributed by atoms with Gasteiger partial charge in [-0.15, -0.1) is 5.10 Å². The van der Waals surface area contributed by atoms with Gasteiger partial charge in [0, 0.05) is 38.9 Å². The number of tetrazole rings is 1. The summed E-state index contributed by atoms with van der Waals surface area (Å²) in [4.78, 5) is 70.8. The number of nitrogens with one attached hydrogen (secondary N) is 6. The number of amides is 5. The monoisotopic (exact) mass is 1030 g/mol. The molecule has 1 aromatic rings. The molecule has 22 nitrogen and oxygen atoms in total. The van der Waals surface area contributed by atoms with Crippen LogP contribution in [0.5, 0.6) is 0 Å². The molecule has 0 bridgehead atoms. The summed E-state index contributed by atoms with van der Waals surface area (Å²) in [6.07, 6.45) is 18.4. The van der Waals surface area contributed by atoms with Crippen LogP contribution in [0.2, 0.25) is 0 Å². The van der Waals surface area contributed by atoms with E-state index in [0.29, 0.717) is 25.8 Å². The summed E-state index contributed by atoms with van der Waals surface area (Å²) in [5, 5.41) is 33.7. The van der Waals surface area contributed by atoms with Crippen LogP contribution in [0.1, 0.15) is 134 Å². The SMILES string of the molecule is O=C(CBr)NCCCC[C@H](NC(=O)COCCOCCNC(=O)COCCOCCNC(=O)CCCS(=O)(=O)NC(=O)CCCCCCCCCCCCCCCCc1nnn[nH]1)C(=O)O. The number of alkyl halides is 1. The number of aromatic nitrogens is 4. The number of aromatic amines is 1. The lowest BCUT2D eigenvalue weighted by Crippen LogP contribution is -2.42. The molecule has 0 radical (unpaired) electrons. The Morgan fingerprint density at radius 1 is 0.576 bits per heavy atom. The molecule has 0 spiro atoms. The first kappa shape index (κ1) is 60.2. The predicted molar refractivity (Wildman–Crippen MR) is 248 cm³/mol. The molecule has 7 N–H and O–H groups in total. The van der Waals surface area contributed by atoms with Crippen LogP contribution in [0.3, 0.4) is 0 Å². The van der Waals surface area contributed by atoms with E-state index in [0.717, 1.165) is 37.9 Å². The Labute approximate surface area is 398 Å². The van der Waals surface area contributed by atoms with Gasteiger partial charge in [-0.2, -0.15) is 0 Å². The van der Waals surface area contributed by atoms with Gasteiger partial charge >= 0.3 is 5.97 Å². The number of halogens is 1. The Kier molecular flexibility index (Phi) is 37.7. The van der Waals surface area contributed by atoms with Crippen molar-refractivity contribution in [2.75, 3.05) is 83.6 Å². The van der Waals surface area contributed by atoms with Gasteiger partial charge in [0.05, 0.1) is 50.7 Å². The number of carbonyl (C=O) groups excluding carboxylic acids is 5. The largest absolute Gasteiger partial charge is 0.480 e. The average molecular weight is 1030 g/mol. The van der Waals surface area contributed by atoms with Crippen molar-refractivity contribution in [3.8, 4) is 0 Å². The number of unbranched alkanes of at least 4 members (excludes halogenated alkanes) is 14. The first-order chi connectivity index (χ1) is 31.9. The predicted octanol–water partition coefficient (Wildman–Crippen LogP) is 2.37. The second kappa shape index (κ2) is 41.4. The minimum atomic E-state index is -3.82. The Hall–Kier alpha value is -3.84. The van der Waals surface area contributed by atoms with Crippen LogP contribution >= 0.6 is 15.9 Å². The van der Waals surface area contributed by atoms with Gasteiger partial charge in [-0.1, -0.05) is 93.0 Å². The standard InChI is InChI=1S/C42H76BrN9O13S/c43-32-39(55)44-22-16-15-18-35(42(58)59)47-41(57)34-65-30-28-63-26-24-46-40(56)33-64-29-27-62-25-23-45-37(53)21-17-31-66(60,61)50-38(54)20-14-12-10-8-6-4-2-1-3-5-7-9-11-13-19-36-48-51-52-49-36/h35H,1-34H2,(H,44,55)(H,45,53)(H,46,56)(H,47,57)(H,50,54)(H,58,59)(H,48,49,51,52)/t35-/m0/s1. The summed E-state index contributed by atoms with van der Waals surface area (Å²) >= 11 is 3.04. The molecule has 0 aromatic carbocycles. The van der Waals surface area contributed by atoms with E-state index in [1.807, 2.05) is 0 Å². The summed E-state index contributed by atoms with van der Waals surface area (Å²) in [6.45, 7) is 1.26. The molecule has 0 saturated carbocycles. The molecule has 0 aliphatic rings. The van der Waals surface area contributed by atoms with Crippen LogP contribution in [0.25, 0.3) is 0 Å². The number of ether oxygens (including phenoxy) is 4. The highest BCUT2D eigenvalue weighted by atomic mass is 79.9. The number of carboxylic acid groups (broad SMARTS) is 1. The Balaban J connectivity index is 1.88. The lowest BCUT2D eigenvalue weighted by Gasteiger charge is -2.14. The van der Waals surface area contributed by atoms with Gasteiger partial charge in [-0.3, -0.25) is 28.7 Å². The second-order valence-corrected chi connectivity index (χ2v) is 18.1. The molecule has 1 rings (SSSR count). The summed E-state index contributed by atoms with van der Waals surface area (Å²) in [6, 6.07) is -1.06. The number of aryl methyl sites for hydroxylation is 1. The van der Waals surface area contributed by atoms with E-state index in [4.69, 9.17) is 18.9 Å². The maximum absolute atomic E-state index is 12.3.